The highest BCUT2D eigenvalue weighted by atomic mass is 16.2. The Kier molecular flexibility index (Phi) is 6.68. The molecule has 1 fully saturated rings. The molecule has 1 aromatic carbocycles. The van der Waals surface area contributed by atoms with Crippen LogP contribution in [0, 0.1) is 5.92 Å². The van der Waals surface area contributed by atoms with Crippen LogP contribution < -0.4 is 22.1 Å². The molecule has 10 nitrogen and oxygen atoms in total. The number of carbonyl (C=O) groups is 3. The lowest BCUT2D eigenvalue weighted by molar-refractivity contribution is -0.121. The summed E-state index contributed by atoms with van der Waals surface area (Å²) in [6.45, 7) is 5.22. The van der Waals surface area contributed by atoms with E-state index >= 15 is 0 Å². The van der Waals surface area contributed by atoms with Gasteiger partial charge in [-0.05, 0) is 44.0 Å². The molecule has 1 aliphatic rings. The number of benzene rings is 1. The fourth-order valence-electron chi connectivity index (χ4n) is 3.22. The van der Waals surface area contributed by atoms with Crippen molar-refractivity contribution in [2.75, 3.05) is 23.7 Å². The maximum atomic E-state index is 12.3. The number of likely N-dealkylation sites (tertiary alicyclic amines) is 1. The van der Waals surface area contributed by atoms with Crippen LogP contribution in [0.2, 0.25) is 0 Å². The minimum absolute atomic E-state index is 0.000732. The molecule has 31 heavy (non-hydrogen) atoms. The van der Waals surface area contributed by atoms with Crippen LogP contribution in [0.3, 0.4) is 0 Å². The molecular formula is C21H27N7O3. The highest BCUT2D eigenvalue weighted by Crippen LogP contribution is 2.22. The number of anilines is 3. The van der Waals surface area contributed by atoms with E-state index in [1.165, 1.54) is 6.20 Å². The van der Waals surface area contributed by atoms with Gasteiger partial charge in [0.1, 0.15) is 5.82 Å². The molecule has 2 heterocycles. The van der Waals surface area contributed by atoms with Gasteiger partial charge in [-0.2, -0.15) is 0 Å². The quantitative estimate of drug-likeness (QED) is 0.474. The molecule has 2 aromatic rings. The zero-order valence-electron chi connectivity index (χ0n) is 17.6. The first-order chi connectivity index (χ1) is 14.7. The number of rotatable bonds is 9. The molecule has 0 radical (unpaired) electrons. The van der Waals surface area contributed by atoms with Crippen LogP contribution in [0.15, 0.2) is 30.5 Å². The van der Waals surface area contributed by atoms with E-state index in [-0.39, 0.29) is 35.3 Å². The molecule has 10 heteroatoms. The van der Waals surface area contributed by atoms with Crippen molar-refractivity contribution in [3.05, 3.63) is 41.7 Å². The molecule has 1 aliphatic heterocycles. The molecule has 6 N–H and O–H groups in total. The van der Waals surface area contributed by atoms with E-state index < -0.39 is 5.91 Å². The van der Waals surface area contributed by atoms with Crippen LogP contribution in [0.1, 0.15) is 47.5 Å². The Hall–Kier alpha value is -3.69. The molecule has 0 spiro atoms. The van der Waals surface area contributed by atoms with Crippen molar-refractivity contribution in [1.82, 2.24) is 14.9 Å². The molecule has 164 valence electrons. The maximum absolute atomic E-state index is 12.3. The number of nitrogens with two attached hydrogens (primary N) is 2. The lowest BCUT2D eigenvalue weighted by Crippen LogP contribution is -2.41. The Morgan fingerprint density at radius 2 is 1.81 bits per heavy atom. The third-order valence-electron chi connectivity index (χ3n) is 5.13. The van der Waals surface area contributed by atoms with Crippen LogP contribution in [0.25, 0.3) is 0 Å². The largest absolute Gasteiger partial charge is 0.369 e. The lowest BCUT2D eigenvalue weighted by Gasteiger charge is -2.30. The van der Waals surface area contributed by atoms with E-state index in [0.717, 1.165) is 19.5 Å². The monoisotopic (exact) mass is 425 g/mol. The first-order valence-electron chi connectivity index (χ1n) is 10.1. The van der Waals surface area contributed by atoms with E-state index in [0.29, 0.717) is 23.5 Å². The minimum atomic E-state index is -0.721. The van der Waals surface area contributed by atoms with Gasteiger partial charge in [0.25, 0.3) is 11.8 Å². The van der Waals surface area contributed by atoms with Crippen molar-refractivity contribution in [2.45, 2.75) is 32.7 Å². The summed E-state index contributed by atoms with van der Waals surface area (Å²) in [5, 5.41) is 6.18. The van der Waals surface area contributed by atoms with Gasteiger partial charge in [-0.3, -0.25) is 14.4 Å². The second-order valence-electron chi connectivity index (χ2n) is 7.75. The number of nitrogens with one attached hydrogen (secondary N) is 2. The zero-order valence-corrected chi connectivity index (χ0v) is 17.6. The Labute approximate surface area is 180 Å². The van der Waals surface area contributed by atoms with E-state index in [1.807, 2.05) is 6.92 Å². The van der Waals surface area contributed by atoms with Crippen molar-refractivity contribution in [3.63, 3.8) is 0 Å². The predicted octanol–water partition coefficient (Wildman–Crippen LogP) is 1.48. The standard InChI is InChI=1S/C21H27N7O3/c1-12(18(22)29)10-13(2)25-16-11-24-17(19(23)30)20(27-16)26-15-6-4-14(5-7-15)21(31)28-8-3-9-28/h4-7,11-13H,3,8-10H2,1-2H3,(H2,22,29)(H2,23,30)(H2,25,26,27). The van der Waals surface area contributed by atoms with Gasteiger partial charge in [-0.1, -0.05) is 6.92 Å². The van der Waals surface area contributed by atoms with E-state index in [4.69, 9.17) is 11.5 Å². The summed E-state index contributed by atoms with van der Waals surface area (Å²) in [7, 11) is 0. The Morgan fingerprint density at radius 3 is 2.35 bits per heavy atom. The van der Waals surface area contributed by atoms with E-state index in [1.54, 1.807) is 36.1 Å². The fraction of sp³-hybridized carbons (Fsp3) is 0.381. The molecule has 0 aliphatic carbocycles. The summed E-state index contributed by atoms with van der Waals surface area (Å²) < 4.78 is 0. The van der Waals surface area contributed by atoms with Crippen LogP contribution in [-0.4, -0.2) is 51.7 Å². The highest BCUT2D eigenvalue weighted by molar-refractivity contribution is 5.97. The average molecular weight is 425 g/mol. The number of amides is 3. The average Bonchev–Trinajstić information content (AvgIpc) is 2.67. The van der Waals surface area contributed by atoms with Gasteiger partial charge in [0, 0.05) is 36.3 Å². The third-order valence-corrected chi connectivity index (χ3v) is 5.13. The van der Waals surface area contributed by atoms with Crippen LogP contribution in [0.4, 0.5) is 17.3 Å². The fourth-order valence-corrected chi connectivity index (χ4v) is 3.22. The van der Waals surface area contributed by atoms with Gasteiger partial charge in [-0.25, -0.2) is 9.97 Å². The SMILES string of the molecule is CC(CC(C)C(N)=O)Nc1cnc(C(N)=O)c(Nc2ccc(C(=O)N3CCC3)cc2)n1. The van der Waals surface area contributed by atoms with Crippen LogP contribution in [-0.2, 0) is 4.79 Å². The molecule has 2 atom stereocenters. The van der Waals surface area contributed by atoms with Crippen LogP contribution in [0.5, 0.6) is 0 Å². The second-order valence-corrected chi connectivity index (χ2v) is 7.75. The molecular weight excluding hydrogens is 398 g/mol. The molecule has 2 unspecified atom stereocenters. The smallest absolute Gasteiger partial charge is 0.271 e. The summed E-state index contributed by atoms with van der Waals surface area (Å²) in [6.07, 6.45) is 2.96. The molecule has 0 saturated carbocycles. The van der Waals surface area contributed by atoms with Crippen molar-refractivity contribution in [2.24, 2.45) is 17.4 Å². The summed E-state index contributed by atoms with van der Waals surface area (Å²) in [5.41, 5.74) is 12.0. The van der Waals surface area contributed by atoms with Crippen molar-refractivity contribution < 1.29 is 14.4 Å². The first kappa shape index (κ1) is 22.0. The molecule has 1 saturated heterocycles. The van der Waals surface area contributed by atoms with Crippen molar-refractivity contribution in [1.29, 1.82) is 0 Å². The van der Waals surface area contributed by atoms with E-state index in [9.17, 15) is 14.4 Å². The molecule has 1 aromatic heterocycles. The molecule has 3 rings (SSSR count). The zero-order chi connectivity index (χ0) is 22.5. The number of primary amides is 2. The summed E-state index contributed by atoms with van der Waals surface area (Å²) >= 11 is 0. The second kappa shape index (κ2) is 9.41. The Bertz CT molecular complexity index is 973. The predicted molar refractivity (Wildman–Crippen MR) is 117 cm³/mol. The topological polar surface area (TPSA) is 156 Å². The Morgan fingerprint density at radius 1 is 1.13 bits per heavy atom. The van der Waals surface area contributed by atoms with Crippen LogP contribution >= 0.6 is 0 Å². The first-order valence-corrected chi connectivity index (χ1v) is 10.1. The number of hydrogen-bond donors (Lipinski definition) is 4. The molecule has 0 bridgehead atoms. The van der Waals surface area contributed by atoms with Crippen molar-refractivity contribution >= 4 is 35.0 Å². The number of aromatic nitrogens is 2. The van der Waals surface area contributed by atoms with Gasteiger partial charge >= 0.3 is 0 Å². The number of hydrogen-bond acceptors (Lipinski definition) is 7. The molecule has 3 amide bonds. The number of carbonyl (C=O) groups excluding carboxylic acids is 3. The minimum Gasteiger partial charge on any atom is -0.369 e. The maximum Gasteiger partial charge on any atom is 0.271 e. The van der Waals surface area contributed by atoms with Gasteiger partial charge in [0.2, 0.25) is 5.91 Å². The van der Waals surface area contributed by atoms with Gasteiger partial charge in [0.15, 0.2) is 11.5 Å². The van der Waals surface area contributed by atoms with Gasteiger partial charge < -0.3 is 27.0 Å². The summed E-state index contributed by atoms with van der Waals surface area (Å²) in [4.78, 5) is 45.7. The normalized spacial score (nSPS) is 14.8. The van der Waals surface area contributed by atoms with E-state index in [2.05, 4.69) is 20.6 Å². The van der Waals surface area contributed by atoms with Gasteiger partial charge in [0.05, 0.1) is 6.20 Å². The van der Waals surface area contributed by atoms with Gasteiger partial charge in [-0.15, -0.1) is 0 Å². The van der Waals surface area contributed by atoms with Crippen molar-refractivity contribution in [3.8, 4) is 0 Å². The Balaban J connectivity index is 1.74. The summed E-state index contributed by atoms with van der Waals surface area (Å²) in [5.74, 6) is -0.782. The third kappa shape index (κ3) is 5.47. The summed E-state index contributed by atoms with van der Waals surface area (Å²) in [6, 6.07) is 6.80. The lowest BCUT2D eigenvalue weighted by atomic mass is 10.0. The highest BCUT2D eigenvalue weighted by Gasteiger charge is 2.21. The number of nitrogens with zero attached hydrogens (tertiary/aromatic N) is 3.